The van der Waals surface area contributed by atoms with E-state index >= 15 is 0 Å². The summed E-state index contributed by atoms with van der Waals surface area (Å²) in [5.41, 5.74) is 2.78. The molecular weight excluding hydrogens is 815 g/mol. The van der Waals surface area contributed by atoms with Crippen LogP contribution in [0.4, 0.5) is 4.79 Å². The van der Waals surface area contributed by atoms with Crippen molar-refractivity contribution >= 4 is 29.7 Å². The minimum Gasteiger partial charge on any atom is -0.465 e. The summed E-state index contributed by atoms with van der Waals surface area (Å²) in [7, 11) is 4.81. The van der Waals surface area contributed by atoms with Crippen LogP contribution in [0.3, 0.4) is 0 Å². The summed E-state index contributed by atoms with van der Waals surface area (Å²) in [6, 6.07) is 16.5. The zero-order chi connectivity index (χ0) is 46.2. The summed E-state index contributed by atoms with van der Waals surface area (Å²) >= 11 is 0. The van der Waals surface area contributed by atoms with E-state index in [0.717, 1.165) is 36.1 Å². The van der Waals surface area contributed by atoms with Gasteiger partial charge >= 0.3 is 6.09 Å². The fourth-order valence-corrected chi connectivity index (χ4v) is 10.5. The number of likely N-dealkylation sites (tertiary alicyclic amines) is 2. The fraction of sp³-hybridized carbons (Fsp3) is 0.592. The average Bonchev–Trinajstić information content (AvgIpc) is 4.14. The Morgan fingerprint density at radius 2 is 1.62 bits per heavy atom. The minimum atomic E-state index is -1.12. The first-order valence-corrected chi connectivity index (χ1v) is 23.1. The number of fused-ring (bicyclic) bond motifs is 2. The van der Waals surface area contributed by atoms with Crippen LogP contribution in [0.1, 0.15) is 97.0 Å². The Kier molecular flexibility index (Phi) is 16.3. The topological polar surface area (TPSA) is 186 Å². The molecule has 3 aliphatic rings. The number of carbonyl (C=O) groups excluding carboxylic acids is 4. The first-order valence-electron chi connectivity index (χ1n) is 23.1. The van der Waals surface area contributed by atoms with E-state index in [1.54, 1.807) is 31.1 Å². The maximum atomic E-state index is 14.5. The van der Waals surface area contributed by atoms with Crippen molar-refractivity contribution in [2.75, 3.05) is 27.8 Å². The SMILES string of the molecule is CC[C@H](C)[C@@H]([C@@H](CC(=O)N1CCCC1[C@H](OC)[C@@H](C)C(=O)N[C@@H](Cc1ccccc1)c1nc(-c2ccccc2)c[nH]1)OC)N(C)C(=O)C(NC(=O)[C@@H]1[C@H]2CC[C@H](C2)N1C(=O)O)C(C)C. The molecule has 1 saturated carbocycles. The molecule has 15 heteroatoms. The van der Waals surface area contributed by atoms with Gasteiger partial charge in [-0.15, -0.1) is 0 Å². The molecule has 0 radical (unpaired) electrons. The third-order valence-electron chi connectivity index (χ3n) is 14.2. The highest BCUT2D eigenvalue weighted by atomic mass is 16.5. The molecule has 11 atom stereocenters. The van der Waals surface area contributed by atoms with Crippen LogP contribution in [0.15, 0.2) is 66.9 Å². The Labute approximate surface area is 378 Å². The lowest BCUT2D eigenvalue weighted by Gasteiger charge is -2.41. The van der Waals surface area contributed by atoms with Crippen molar-refractivity contribution in [3.63, 3.8) is 0 Å². The lowest BCUT2D eigenvalue weighted by atomic mass is 9.89. The monoisotopic (exact) mass is 884 g/mol. The predicted molar refractivity (Wildman–Crippen MR) is 243 cm³/mol. The molecule has 3 fully saturated rings. The Hall–Kier alpha value is -5.28. The molecule has 348 valence electrons. The number of carboxylic acid groups (broad SMARTS) is 1. The summed E-state index contributed by atoms with van der Waals surface area (Å²) < 4.78 is 12.2. The smallest absolute Gasteiger partial charge is 0.408 e. The molecule has 64 heavy (non-hydrogen) atoms. The number of H-pyrrole nitrogens is 1. The average molecular weight is 884 g/mol. The highest BCUT2D eigenvalue weighted by Crippen LogP contribution is 2.42. The Morgan fingerprint density at radius 3 is 2.25 bits per heavy atom. The van der Waals surface area contributed by atoms with Crippen LogP contribution in [0, 0.1) is 23.7 Å². The van der Waals surface area contributed by atoms with Gasteiger partial charge in [0.2, 0.25) is 23.6 Å². The number of carbonyl (C=O) groups is 5. The third-order valence-corrected chi connectivity index (χ3v) is 14.2. The number of hydrogen-bond donors (Lipinski definition) is 4. The molecule has 3 aromatic rings. The second kappa shape index (κ2) is 21.6. The number of aromatic nitrogens is 2. The van der Waals surface area contributed by atoms with Gasteiger partial charge in [0.15, 0.2) is 0 Å². The van der Waals surface area contributed by atoms with Gasteiger partial charge < -0.3 is 40.0 Å². The van der Waals surface area contributed by atoms with Crippen molar-refractivity contribution in [2.45, 2.75) is 134 Å². The summed E-state index contributed by atoms with van der Waals surface area (Å²) in [4.78, 5) is 82.0. The lowest BCUT2D eigenvalue weighted by molar-refractivity contribution is -0.148. The molecular formula is C49H69N7O8. The minimum absolute atomic E-state index is 0.0184. The molecule has 2 bridgehead atoms. The maximum Gasteiger partial charge on any atom is 0.408 e. The molecule has 1 aliphatic carbocycles. The molecule has 2 aromatic carbocycles. The van der Waals surface area contributed by atoms with E-state index in [9.17, 15) is 29.1 Å². The number of ether oxygens (including phenoxy) is 2. The van der Waals surface area contributed by atoms with Gasteiger partial charge in [-0.2, -0.15) is 0 Å². The lowest BCUT2D eigenvalue weighted by Crippen LogP contribution is -2.60. The molecule has 6 rings (SSSR count). The van der Waals surface area contributed by atoms with E-state index in [4.69, 9.17) is 14.5 Å². The van der Waals surface area contributed by atoms with Gasteiger partial charge in [-0.3, -0.25) is 24.1 Å². The molecule has 3 heterocycles. The number of methoxy groups -OCH3 is 2. The molecule has 5 amide bonds. The van der Waals surface area contributed by atoms with Crippen molar-refractivity contribution in [1.29, 1.82) is 0 Å². The van der Waals surface area contributed by atoms with Crippen LogP contribution in [-0.2, 0) is 35.1 Å². The number of likely N-dealkylation sites (N-methyl/N-ethyl adjacent to an activating group) is 1. The number of rotatable bonds is 20. The van der Waals surface area contributed by atoms with Gasteiger partial charge in [-0.25, -0.2) is 9.78 Å². The molecule has 0 spiro atoms. The number of aromatic amines is 1. The van der Waals surface area contributed by atoms with Gasteiger partial charge in [0.1, 0.15) is 17.9 Å². The first-order chi connectivity index (χ1) is 30.7. The van der Waals surface area contributed by atoms with E-state index in [2.05, 4.69) is 15.6 Å². The van der Waals surface area contributed by atoms with Gasteiger partial charge in [0.05, 0.1) is 48.4 Å². The van der Waals surface area contributed by atoms with E-state index < -0.39 is 54.3 Å². The normalized spacial score (nSPS) is 22.6. The fourth-order valence-electron chi connectivity index (χ4n) is 10.5. The summed E-state index contributed by atoms with van der Waals surface area (Å²) in [6.07, 6.45) is 4.15. The molecule has 15 nitrogen and oxygen atoms in total. The Bertz CT molecular complexity index is 2050. The number of amides is 5. The number of imidazole rings is 1. The van der Waals surface area contributed by atoms with E-state index in [1.807, 2.05) is 101 Å². The van der Waals surface area contributed by atoms with Crippen LogP contribution >= 0.6 is 0 Å². The summed E-state index contributed by atoms with van der Waals surface area (Å²) in [5, 5.41) is 16.2. The standard InChI is InChI=1S/C49H69N7O8/c1-9-30(4)42(54(6)48(60)41(29(2)3)53-47(59)43-34-22-23-35(26-34)56(43)49(61)62)39(63-7)27-40(57)55-24-16-21-38(55)44(64-8)31(5)46(58)52-36(25-32-17-12-10-13-18-32)45-50-28-37(51-45)33-19-14-11-15-20-33/h10-15,17-20,28-31,34-36,38-39,41-44H,9,16,21-27H2,1-8H3,(H,50,51)(H,52,58)(H,53,59)(H,61,62)/t30-,31+,34-,35+,36-,38?,39+,41?,42-,43-,44+/m0/s1. The molecule has 1 aromatic heterocycles. The van der Waals surface area contributed by atoms with Gasteiger partial charge in [0.25, 0.3) is 0 Å². The maximum absolute atomic E-state index is 14.5. The molecule has 4 N–H and O–H groups in total. The van der Waals surface area contributed by atoms with E-state index in [1.165, 1.54) is 4.90 Å². The zero-order valence-corrected chi connectivity index (χ0v) is 38.7. The number of piperidine rings is 1. The number of hydrogen-bond acceptors (Lipinski definition) is 8. The Morgan fingerprint density at radius 1 is 0.938 bits per heavy atom. The van der Waals surface area contributed by atoms with E-state index in [0.29, 0.717) is 38.1 Å². The highest BCUT2D eigenvalue weighted by Gasteiger charge is 2.52. The van der Waals surface area contributed by atoms with Gasteiger partial charge in [-0.1, -0.05) is 102 Å². The van der Waals surface area contributed by atoms with Crippen molar-refractivity contribution in [1.82, 2.24) is 35.3 Å². The molecule has 2 unspecified atom stereocenters. The van der Waals surface area contributed by atoms with Crippen molar-refractivity contribution in [3.8, 4) is 11.3 Å². The van der Waals surface area contributed by atoms with Gasteiger partial charge in [-0.05, 0) is 61.8 Å². The van der Waals surface area contributed by atoms with Crippen molar-refractivity contribution in [2.24, 2.45) is 23.7 Å². The second-order valence-corrected chi connectivity index (χ2v) is 18.5. The quantitative estimate of drug-likeness (QED) is 0.105. The number of nitrogens with zero attached hydrogens (tertiary/aromatic N) is 4. The first kappa shape index (κ1) is 48.2. The van der Waals surface area contributed by atoms with E-state index in [-0.39, 0.29) is 54.0 Å². The zero-order valence-electron chi connectivity index (χ0n) is 38.7. The largest absolute Gasteiger partial charge is 0.465 e. The highest BCUT2D eigenvalue weighted by molar-refractivity contribution is 5.92. The molecule has 2 saturated heterocycles. The van der Waals surface area contributed by atoms with Crippen molar-refractivity contribution in [3.05, 3.63) is 78.2 Å². The predicted octanol–water partition coefficient (Wildman–Crippen LogP) is 6.07. The molecule has 2 aliphatic heterocycles. The third kappa shape index (κ3) is 10.6. The number of benzene rings is 2. The van der Waals surface area contributed by atoms with Gasteiger partial charge in [0, 0.05) is 45.6 Å². The van der Waals surface area contributed by atoms with Crippen molar-refractivity contribution < 1.29 is 38.6 Å². The van der Waals surface area contributed by atoms with Crippen LogP contribution in [-0.4, -0.2) is 130 Å². The summed E-state index contributed by atoms with van der Waals surface area (Å²) in [6.45, 7) is 10.1. The number of nitrogens with one attached hydrogen (secondary N) is 3. The van der Waals surface area contributed by atoms with Crippen LogP contribution < -0.4 is 10.6 Å². The second-order valence-electron chi connectivity index (χ2n) is 18.5. The van der Waals surface area contributed by atoms with Crippen LogP contribution in [0.25, 0.3) is 11.3 Å². The van der Waals surface area contributed by atoms with Crippen LogP contribution in [0.2, 0.25) is 0 Å². The Balaban J connectivity index is 1.15. The summed E-state index contributed by atoms with van der Waals surface area (Å²) in [5.74, 6) is -1.63. The van der Waals surface area contributed by atoms with Crippen LogP contribution in [0.5, 0.6) is 0 Å².